The number of hydrogen-bond donors (Lipinski definition) is 2. The molecule has 1 aliphatic heterocycles. The Hall–Kier alpha value is -3.50. The standard InChI is InChI=1S/C25H18O3S/c26-17-9-11-18(12-10-17)28-19-13-15-20(16-14-19)29-23-7-3-1-5-21(23)25(27)22-6-2-4-8-24(22)29/h1-16,26,29H. The SMILES string of the molecule is O=C1c2ccccc2[SH](c2ccc(Oc3ccc(O)cc3)cc2)c2ccccc21. The van der Waals surface area contributed by atoms with Crippen molar-refractivity contribution < 1.29 is 14.6 Å². The van der Waals surface area contributed by atoms with E-state index >= 15 is 0 Å². The molecule has 0 aromatic heterocycles. The molecule has 0 fully saturated rings. The summed E-state index contributed by atoms with van der Waals surface area (Å²) in [5.41, 5.74) is 1.59. The molecule has 0 saturated carbocycles. The van der Waals surface area contributed by atoms with E-state index in [4.69, 9.17) is 4.74 Å². The largest absolute Gasteiger partial charge is 0.508 e. The normalized spacial score (nSPS) is 13.5. The van der Waals surface area contributed by atoms with Crippen LogP contribution in [0.1, 0.15) is 15.9 Å². The van der Waals surface area contributed by atoms with Gasteiger partial charge in [-0.05, 0) is 77.7 Å². The molecule has 0 unspecified atom stereocenters. The molecule has 0 radical (unpaired) electrons. The number of ether oxygens (including phenoxy) is 1. The van der Waals surface area contributed by atoms with Crippen LogP contribution in [0.4, 0.5) is 0 Å². The molecule has 0 amide bonds. The van der Waals surface area contributed by atoms with Gasteiger partial charge in [0.25, 0.3) is 0 Å². The van der Waals surface area contributed by atoms with Crippen molar-refractivity contribution in [3.8, 4) is 17.2 Å². The van der Waals surface area contributed by atoms with Crippen LogP contribution in [0, 0.1) is 0 Å². The van der Waals surface area contributed by atoms with Gasteiger partial charge in [-0.3, -0.25) is 4.79 Å². The molecule has 1 aliphatic rings. The molecule has 29 heavy (non-hydrogen) atoms. The average Bonchev–Trinajstić information content (AvgIpc) is 2.77. The van der Waals surface area contributed by atoms with E-state index in [0.717, 1.165) is 26.7 Å². The second-order valence-electron chi connectivity index (χ2n) is 6.79. The Morgan fingerprint density at radius 2 is 1.10 bits per heavy atom. The molecule has 4 aromatic carbocycles. The smallest absolute Gasteiger partial charge is 0.195 e. The average molecular weight is 398 g/mol. The zero-order chi connectivity index (χ0) is 19.8. The summed E-state index contributed by atoms with van der Waals surface area (Å²) in [4.78, 5) is 16.3. The fourth-order valence-corrected chi connectivity index (χ4v) is 6.16. The number of phenols is 1. The van der Waals surface area contributed by atoms with Gasteiger partial charge in [-0.2, -0.15) is 10.9 Å². The quantitative estimate of drug-likeness (QED) is 0.355. The Balaban J connectivity index is 1.53. The van der Waals surface area contributed by atoms with Gasteiger partial charge in [0.05, 0.1) is 0 Å². The number of phenolic OH excluding ortho intramolecular Hbond substituents is 1. The number of rotatable bonds is 3. The number of ketones is 1. The first-order valence-corrected chi connectivity index (χ1v) is 10.6. The van der Waals surface area contributed by atoms with Crippen molar-refractivity contribution in [1.82, 2.24) is 0 Å². The first kappa shape index (κ1) is 17.6. The van der Waals surface area contributed by atoms with Gasteiger partial charge in [0.2, 0.25) is 0 Å². The fourth-order valence-electron chi connectivity index (χ4n) is 3.59. The van der Waals surface area contributed by atoms with E-state index in [1.807, 2.05) is 48.5 Å². The highest BCUT2D eigenvalue weighted by atomic mass is 32.2. The molecule has 4 aromatic rings. The lowest BCUT2D eigenvalue weighted by Gasteiger charge is -2.31. The van der Waals surface area contributed by atoms with Crippen LogP contribution in [-0.4, -0.2) is 10.9 Å². The third kappa shape index (κ3) is 3.18. The van der Waals surface area contributed by atoms with Crippen molar-refractivity contribution in [2.45, 2.75) is 14.7 Å². The number of aromatic hydroxyl groups is 1. The molecule has 3 nitrogen and oxygen atoms in total. The summed E-state index contributed by atoms with van der Waals surface area (Å²) in [5.74, 6) is 1.70. The molecule has 4 heteroatoms. The molecule has 0 spiro atoms. The molecule has 1 heterocycles. The maximum atomic E-state index is 12.9. The summed E-state index contributed by atoms with van der Waals surface area (Å²) in [6, 6.07) is 30.5. The summed E-state index contributed by atoms with van der Waals surface area (Å²) in [5, 5.41) is 9.40. The number of hydrogen-bond acceptors (Lipinski definition) is 3. The van der Waals surface area contributed by atoms with Gasteiger partial charge in [0.1, 0.15) is 17.2 Å². The lowest BCUT2D eigenvalue weighted by atomic mass is 10.0. The molecule has 0 bridgehead atoms. The van der Waals surface area contributed by atoms with Crippen molar-refractivity contribution in [3.63, 3.8) is 0 Å². The molecular formula is C25H18O3S. The highest BCUT2D eigenvalue weighted by Crippen LogP contribution is 2.56. The van der Waals surface area contributed by atoms with E-state index in [0.29, 0.717) is 5.75 Å². The Bertz CT molecular complexity index is 1150. The Morgan fingerprint density at radius 3 is 1.66 bits per heavy atom. The number of carbonyl (C=O) groups is 1. The van der Waals surface area contributed by atoms with Gasteiger partial charge in [-0.25, -0.2) is 0 Å². The third-order valence-electron chi connectivity index (χ3n) is 4.95. The van der Waals surface area contributed by atoms with E-state index in [1.54, 1.807) is 24.3 Å². The monoisotopic (exact) mass is 398 g/mol. The van der Waals surface area contributed by atoms with Crippen molar-refractivity contribution in [2.75, 3.05) is 0 Å². The molecular weight excluding hydrogens is 380 g/mol. The predicted molar refractivity (Wildman–Crippen MR) is 115 cm³/mol. The first-order chi connectivity index (χ1) is 14.2. The van der Waals surface area contributed by atoms with E-state index in [2.05, 4.69) is 24.3 Å². The minimum Gasteiger partial charge on any atom is -0.508 e. The minimum absolute atomic E-state index is 0.0993. The van der Waals surface area contributed by atoms with Gasteiger partial charge in [0, 0.05) is 20.9 Å². The van der Waals surface area contributed by atoms with Crippen molar-refractivity contribution in [3.05, 3.63) is 108 Å². The lowest BCUT2D eigenvalue weighted by molar-refractivity contribution is 0.103. The number of carbonyl (C=O) groups excluding carboxylic acids is 1. The van der Waals surface area contributed by atoms with E-state index in [-0.39, 0.29) is 11.5 Å². The van der Waals surface area contributed by atoms with Crippen LogP contribution in [-0.2, 0) is 0 Å². The van der Waals surface area contributed by atoms with Crippen LogP contribution >= 0.6 is 10.9 Å². The summed E-state index contributed by atoms with van der Waals surface area (Å²) in [7, 11) is -0.811. The van der Waals surface area contributed by atoms with Gasteiger partial charge in [-0.1, -0.05) is 24.3 Å². The van der Waals surface area contributed by atoms with Gasteiger partial charge in [0.15, 0.2) is 5.78 Å². The Labute approximate surface area is 171 Å². The first-order valence-electron chi connectivity index (χ1n) is 9.30. The maximum absolute atomic E-state index is 12.9. The Morgan fingerprint density at radius 1 is 0.621 bits per heavy atom. The number of benzene rings is 4. The molecule has 5 rings (SSSR count). The molecule has 0 atom stereocenters. The van der Waals surface area contributed by atoms with Crippen molar-refractivity contribution in [2.24, 2.45) is 0 Å². The molecule has 0 saturated heterocycles. The van der Waals surface area contributed by atoms with E-state index in [1.165, 1.54) is 4.90 Å². The minimum atomic E-state index is -0.811. The van der Waals surface area contributed by atoms with Crippen LogP contribution in [0.15, 0.2) is 112 Å². The van der Waals surface area contributed by atoms with Gasteiger partial charge in [-0.15, -0.1) is 0 Å². The highest BCUT2D eigenvalue weighted by molar-refractivity contribution is 8.17. The van der Waals surface area contributed by atoms with Gasteiger partial charge >= 0.3 is 0 Å². The summed E-state index contributed by atoms with van der Waals surface area (Å²) in [6.45, 7) is 0. The van der Waals surface area contributed by atoms with Crippen LogP contribution in [0.2, 0.25) is 0 Å². The molecule has 1 N–H and O–H groups in total. The summed E-state index contributed by atoms with van der Waals surface area (Å²) in [6.07, 6.45) is 0. The maximum Gasteiger partial charge on any atom is 0.195 e. The second kappa shape index (κ2) is 7.15. The number of fused-ring (bicyclic) bond motifs is 2. The fraction of sp³-hybridized carbons (Fsp3) is 0. The second-order valence-corrected chi connectivity index (χ2v) is 8.94. The highest BCUT2D eigenvalue weighted by Gasteiger charge is 2.29. The zero-order valence-electron chi connectivity index (χ0n) is 15.4. The van der Waals surface area contributed by atoms with Crippen LogP contribution in [0.3, 0.4) is 0 Å². The zero-order valence-corrected chi connectivity index (χ0v) is 16.3. The molecule has 142 valence electrons. The lowest BCUT2D eigenvalue weighted by Crippen LogP contribution is -2.12. The topological polar surface area (TPSA) is 46.5 Å². The van der Waals surface area contributed by atoms with Crippen molar-refractivity contribution in [1.29, 1.82) is 0 Å². The third-order valence-corrected chi connectivity index (χ3v) is 7.50. The van der Waals surface area contributed by atoms with Crippen LogP contribution < -0.4 is 4.74 Å². The van der Waals surface area contributed by atoms with Gasteiger partial charge < -0.3 is 9.84 Å². The predicted octanol–water partition coefficient (Wildman–Crippen LogP) is 6.21. The Kier molecular flexibility index (Phi) is 4.34. The summed E-state index contributed by atoms with van der Waals surface area (Å²) >= 11 is 0. The summed E-state index contributed by atoms with van der Waals surface area (Å²) < 4.78 is 5.87. The number of thiol groups is 1. The van der Waals surface area contributed by atoms with E-state index in [9.17, 15) is 9.90 Å². The molecule has 0 aliphatic carbocycles. The van der Waals surface area contributed by atoms with Crippen LogP contribution in [0.5, 0.6) is 17.2 Å². The van der Waals surface area contributed by atoms with E-state index < -0.39 is 10.9 Å². The van der Waals surface area contributed by atoms with Crippen molar-refractivity contribution >= 4 is 16.7 Å². The van der Waals surface area contributed by atoms with Crippen LogP contribution in [0.25, 0.3) is 0 Å².